The maximum absolute atomic E-state index is 7.25. The van der Waals surface area contributed by atoms with E-state index in [0.717, 1.165) is 50.1 Å². The predicted octanol–water partition coefficient (Wildman–Crippen LogP) is 39.8. The lowest BCUT2D eigenvalue weighted by Crippen LogP contribution is -2.09. The van der Waals surface area contributed by atoms with Crippen LogP contribution in [0.4, 0.5) is 34.1 Å². The Balaban J connectivity index is 0.0000000900. The zero-order valence-corrected chi connectivity index (χ0v) is 76.8. The first kappa shape index (κ1) is 77.6. The van der Waals surface area contributed by atoms with Crippen LogP contribution in [0.2, 0.25) is 15.1 Å². The number of hydrogen-bond acceptors (Lipinski definition) is 2. The summed E-state index contributed by atoms with van der Waals surface area (Å²) in [5, 5.41) is 44.9. The first-order valence-electron chi connectivity index (χ1n) is 46.4. The zero-order chi connectivity index (χ0) is 89.6. The van der Waals surface area contributed by atoms with E-state index in [1.54, 1.807) is 0 Å². The van der Waals surface area contributed by atoms with Crippen LogP contribution in [-0.2, 0) is 0 Å². The number of nitrogens with zero attached hydrogens (tertiary/aromatic N) is 2. The van der Waals surface area contributed by atoms with E-state index in [-0.39, 0.29) is 0 Å². The van der Waals surface area contributed by atoms with Crippen LogP contribution in [0.3, 0.4) is 0 Å². The summed E-state index contributed by atoms with van der Waals surface area (Å²) in [5.41, 5.74) is 26.9. The summed E-state index contributed by atoms with van der Waals surface area (Å²) < 4.78 is 1.18. The molecule has 29 aromatic carbocycles. The third-order valence-corrected chi connectivity index (χ3v) is 31.2. The van der Waals surface area contributed by atoms with Crippen molar-refractivity contribution in [1.29, 1.82) is 0 Å². The summed E-state index contributed by atoms with van der Waals surface area (Å²) in [6.07, 6.45) is 0. The minimum atomic E-state index is 0.652. The number of halogens is 4. The number of fused-ring (bicyclic) bond motifs is 15. The van der Waals surface area contributed by atoms with Crippen molar-refractivity contribution in [3.63, 3.8) is 0 Å². The Morgan fingerprint density at radius 3 is 0.868 bits per heavy atom. The molecule has 0 saturated carbocycles. The SMILES string of the molecule is Brc1cc2c3c(cc4cccc5ccc1c3c54)-c1ccccc1-2.Clc1cc(N(c2ccccc2)c2ccccc2)ccc1-c1cc2c3c(cc4cccc5ccc1c3c54)-c1ccccc1-2.Clc1ccc(-c2cc3c4c(cc5cccc6ccc2c4c65)-c2ccccc2-3)c(Cl)c1.c1ccc(N(c2ccccc2)c2ccc3c(c2)c2cc4cccc5cc6c7ccccc7c7cc3c2c(c54)c67)cc1. The molecule has 0 heterocycles. The van der Waals surface area contributed by atoms with Crippen LogP contribution >= 0.6 is 50.7 Å². The van der Waals surface area contributed by atoms with Gasteiger partial charge in [0, 0.05) is 59.8 Å². The van der Waals surface area contributed by atoms with Crippen LogP contribution in [0.5, 0.6) is 0 Å². The minimum Gasteiger partial charge on any atom is -0.310 e. The molecule has 0 N–H and O–H groups in total. The zero-order valence-electron chi connectivity index (χ0n) is 73.0. The average molecular weight is 1850 g/mol. The van der Waals surface area contributed by atoms with Gasteiger partial charge in [-0.3, -0.25) is 0 Å². The molecule has 0 bridgehead atoms. The van der Waals surface area contributed by atoms with Crippen LogP contribution in [0.15, 0.2) is 441 Å². The van der Waals surface area contributed by atoms with Crippen molar-refractivity contribution in [3.05, 3.63) is 456 Å². The van der Waals surface area contributed by atoms with Gasteiger partial charge in [0.05, 0.1) is 5.02 Å². The summed E-state index contributed by atoms with van der Waals surface area (Å²) >= 11 is 23.9. The van der Waals surface area contributed by atoms with E-state index in [0.29, 0.717) is 10.0 Å². The summed E-state index contributed by atoms with van der Waals surface area (Å²) in [4.78, 5) is 4.61. The molecule has 0 unspecified atom stereocenters. The molecule has 3 aliphatic carbocycles. The lowest BCUT2D eigenvalue weighted by Gasteiger charge is -2.26. The molecule has 6 heteroatoms. The highest BCUT2D eigenvalue weighted by Crippen LogP contribution is 2.60. The lowest BCUT2D eigenvalue weighted by atomic mass is 9.86. The lowest BCUT2D eigenvalue weighted by molar-refractivity contribution is 1.28. The van der Waals surface area contributed by atoms with E-state index in [1.165, 1.54) is 255 Å². The monoisotopic (exact) mass is 1840 g/mol. The van der Waals surface area contributed by atoms with Gasteiger partial charge in [-0.15, -0.1) is 0 Å². The van der Waals surface area contributed by atoms with Gasteiger partial charge in [0.15, 0.2) is 0 Å². The molecule has 136 heavy (non-hydrogen) atoms. The molecule has 32 rings (SSSR count). The molecule has 0 fully saturated rings. The predicted molar refractivity (Wildman–Crippen MR) is 589 cm³/mol. The van der Waals surface area contributed by atoms with Crippen LogP contribution in [0.1, 0.15) is 0 Å². The third-order valence-electron chi connectivity index (χ3n) is 29.7. The Morgan fingerprint density at radius 2 is 0.449 bits per heavy atom. The normalized spacial score (nSPS) is 12.3. The van der Waals surface area contributed by atoms with Gasteiger partial charge >= 0.3 is 0 Å². The standard InChI is InChI=1S/C40H24ClN.C40H23N.C28H14Cl2.C22H11Br/c41-37-23-29(42(27-12-3-1-4-13-27)28-14-5-2-6-15-28)19-21-32(37)34-24-36-31-17-8-7-16-30(31)35-22-26-11-9-10-25-18-20-33(34)40(38(25)26)39(35)36;1-3-12-26(13-4-1)41(27-14-5-2-6-15-27)28-18-19-31-32(22-28)34-21-25-11-9-10-24-20-33-29-16-7-8-17-30(29)35-23-36(31)39(34)40(37(24)25)38(33)35;29-17-9-11-20(25(30)13-17)22-14-24-19-7-2-1-6-18(19)23-12-16-5-3-4-15-8-10-21(22)28(26(15)16)27(23)24;23-19-11-18-15-7-2-1-6-14(15)17-10-13-5-3-4-12-8-9-16(19)22(20(12)13)21(17)18/h1-24H;1-23H;1-14H;1-11H. The van der Waals surface area contributed by atoms with Crippen molar-refractivity contribution >= 4 is 257 Å². The van der Waals surface area contributed by atoms with E-state index in [9.17, 15) is 0 Å². The van der Waals surface area contributed by atoms with Gasteiger partial charge < -0.3 is 9.80 Å². The fourth-order valence-electron chi connectivity index (χ4n) is 24.1. The Morgan fingerprint density at radius 1 is 0.140 bits per heavy atom. The molecular weight excluding hydrogens is 1780 g/mol. The number of rotatable bonds is 8. The van der Waals surface area contributed by atoms with Gasteiger partial charge in [-0.1, -0.05) is 348 Å². The van der Waals surface area contributed by atoms with Crippen molar-refractivity contribution < 1.29 is 0 Å². The molecule has 0 aromatic heterocycles. The summed E-state index contributed by atoms with van der Waals surface area (Å²) in [7, 11) is 0. The van der Waals surface area contributed by atoms with E-state index in [2.05, 4.69) is 432 Å². The molecule has 0 atom stereocenters. The first-order valence-corrected chi connectivity index (χ1v) is 48.3. The minimum absolute atomic E-state index is 0.652. The maximum atomic E-state index is 7.25. The van der Waals surface area contributed by atoms with Gasteiger partial charge in [0.1, 0.15) is 0 Å². The fourth-order valence-corrected chi connectivity index (χ4v) is 25.5. The molecule has 0 spiro atoms. The van der Waals surface area contributed by atoms with E-state index >= 15 is 0 Å². The first-order chi connectivity index (χ1) is 67.1. The van der Waals surface area contributed by atoms with Crippen molar-refractivity contribution in [1.82, 2.24) is 0 Å². The van der Waals surface area contributed by atoms with Gasteiger partial charge in [0.25, 0.3) is 0 Å². The Bertz CT molecular complexity index is 9980. The van der Waals surface area contributed by atoms with Crippen LogP contribution in [0, 0.1) is 0 Å². The van der Waals surface area contributed by atoms with Crippen LogP contribution < -0.4 is 9.80 Å². The second kappa shape index (κ2) is 29.8. The second-order valence-electron chi connectivity index (χ2n) is 36.7. The Labute approximate surface area is 805 Å². The van der Waals surface area contributed by atoms with Gasteiger partial charge in [-0.2, -0.15) is 0 Å². The third kappa shape index (κ3) is 11.3. The molecular formula is C130H72BrCl3N2. The maximum Gasteiger partial charge on any atom is 0.0505 e. The highest BCUT2D eigenvalue weighted by Gasteiger charge is 2.33. The van der Waals surface area contributed by atoms with E-state index < -0.39 is 0 Å². The molecule has 0 saturated heterocycles. The van der Waals surface area contributed by atoms with Crippen molar-refractivity contribution in [2.75, 3.05) is 9.80 Å². The van der Waals surface area contributed by atoms with E-state index in [1.807, 2.05) is 30.3 Å². The van der Waals surface area contributed by atoms with Crippen LogP contribution in [-0.4, -0.2) is 0 Å². The smallest absolute Gasteiger partial charge is 0.0505 e. The van der Waals surface area contributed by atoms with Gasteiger partial charge in [-0.05, 0) is 390 Å². The van der Waals surface area contributed by atoms with Crippen molar-refractivity contribution in [2.45, 2.75) is 0 Å². The highest BCUT2D eigenvalue weighted by atomic mass is 79.9. The van der Waals surface area contributed by atoms with E-state index in [4.69, 9.17) is 34.8 Å². The van der Waals surface area contributed by atoms with Crippen molar-refractivity contribution in [2.24, 2.45) is 0 Å². The summed E-state index contributed by atoms with van der Waals surface area (Å²) in [5.74, 6) is 0. The number of para-hydroxylation sites is 4. The van der Waals surface area contributed by atoms with Gasteiger partial charge in [0.2, 0.25) is 0 Å². The molecule has 2 nitrogen and oxygen atoms in total. The molecule has 0 aliphatic heterocycles. The quantitative estimate of drug-likeness (QED) is 0.140. The van der Waals surface area contributed by atoms with Crippen LogP contribution in [0.25, 0.3) is 261 Å². The number of hydrogen-bond donors (Lipinski definition) is 0. The topological polar surface area (TPSA) is 6.48 Å². The molecule has 3 aliphatic rings. The number of benzene rings is 27. The Kier molecular flexibility index (Phi) is 17.0. The van der Waals surface area contributed by atoms with Crippen molar-refractivity contribution in [3.8, 4) is 89.0 Å². The fraction of sp³-hybridized carbons (Fsp3) is 0. The molecule has 29 aromatic rings. The summed E-state index contributed by atoms with van der Waals surface area (Å²) in [6.45, 7) is 0. The number of anilines is 6. The average Bonchev–Trinajstić information content (AvgIpc) is 1.58. The largest absolute Gasteiger partial charge is 0.310 e. The molecule has 630 valence electrons. The highest BCUT2D eigenvalue weighted by molar-refractivity contribution is 9.10. The Hall–Kier alpha value is -16.0. The molecule has 0 radical (unpaired) electrons. The summed E-state index contributed by atoms with van der Waals surface area (Å²) in [6, 6.07) is 158. The molecule has 0 amide bonds. The van der Waals surface area contributed by atoms with Gasteiger partial charge in [-0.25, -0.2) is 0 Å². The second-order valence-corrected chi connectivity index (χ2v) is 38.8.